The minimum Gasteiger partial charge on any atom is -0.467 e. The van der Waals surface area contributed by atoms with Crippen molar-refractivity contribution < 1.29 is 4.74 Å². The smallest absolute Gasteiger partial charge is 0.322 e. The average molecular weight is 207 g/mol. The summed E-state index contributed by atoms with van der Waals surface area (Å²) in [6.45, 7) is 0. The predicted molar refractivity (Wildman–Crippen MR) is 50.8 cm³/mol. The lowest BCUT2D eigenvalue weighted by atomic mass is 10.8. The van der Waals surface area contributed by atoms with Crippen LogP contribution in [0.15, 0.2) is 12.7 Å². The summed E-state index contributed by atoms with van der Waals surface area (Å²) < 4.78 is 6.35. The standard InChI is InChI=1S/C7H9N7O/c1-8-5-11-6(13-7(12-5)15-2)14-4-9-3-10-14/h3-4H,1-2H3,(H,8,11,12,13). The highest BCUT2D eigenvalue weighted by Gasteiger charge is 2.07. The lowest BCUT2D eigenvalue weighted by molar-refractivity contribution is 0.377. The maximum atomic E-state index is 4.93. The van der Waals surface area contributed by atoms with E-state index in [-0.39, 0.29) is 6.01 Å². The molecule has 2 rings (SSSR count). The number of aromatic nitrogens is 6. The van der Waals surface area contributed by atoms with Gasteiger partial charge >= 0.3 is 6.01 Å². The first-order chi connectivity index (χ1) is 7.33. The van der Waals surface area contributed by atoms with E-state index >= 15 is 0 Å². The molecule has 0 aliphatic heterocycles. The molecule has 78 valence electrons. The number of nitrogens with one attached hydrogen (secondary N) is 1. The Bertz CT molecular complexity index is 418. The Morgan fingerprint density at radius 3 is 2.80 bits per heavy atom. The van der Waals surface area contributed by atoms with Crippen LogP contribution in [0.2, 0.25) is 0 Å². The highest BCUT2D eigenvalue weighted by Crippen LogP contribution is 2.08. The van der Waals surface area contributed by atoms with E-state index in [1.54, 1.807) is 7.05 Å². The van der Waals surface area contributed by atoms with E-state index < -0.39 is 0 Å². The van der Waals surface area contributed by atoms with Gasteiger partial charge in [-0.1, -0.05) is 0 Å². The van der Waals surface area contributed by atoms with E-state index in [0.717, 1.165) is 0 Å². The van der Waals surface area contributed by atoms with Gasteiger partial charge in [-0.2, -0.15) is 24.7 Å². The van der Waals surface area contributed by atoms with Crippen LogP contribution in [0.5, 0.6) is 6.01 Å². The van der Waals surface area contributed by atoms with E-state index in [1.165, 1.54) is 24.4 Å². The maximum Gasteiger partial charge on any atom is 0.322 e. The Kier molecular flexibility index (Phi) is 2.40. The zero-order valence-corrected chi connectivity index (χ0v) is 8.25. The summed E-state index contributed by atoms with van der Waals surface area (Å²) in [4.78, 5) is 15.9. The first-order valence-electron chi connectivity index (χ1n) is 4.16. The summed E-state index contributed by atoms with van der Waals surface area (Å²) in [6, 6.07) is 0.222. The quantitative estimate of drug-likeness (QED) is 0.725. The number of hydrogen-bond acceptors (Lipinski definition) is 7. The van der Waals surface area contributed by atoms with Crippen molar-refractivity contribution in [1.82, 2.24) is 29.7 Å². The molecule has 0 spiro atoms. The third-order valence-corrected chi connectivity index (χ3v) is 1.63. The summed E-state index contributed by atoms with van der Waals surface area (Å²) in [7, 11) is 3.19. The molecule has 0 saturated carbocycles. The van der Waals surface area contributed by atoms with Crippen molar-refractivity contribution >= 4 is 5.95 Å². The zero-order chi connectivity index (χ0) is 10.7. The van der Waals surface area contributed by atoms with Crippen molar-refractivity contribution in [3.63, 3.8) is 0 Å². The predicted octanol–water partition coefficient (Wildman–Crippen LogP) is -0.497. The lowest BCUT2D eigenvalue weighted by Crippen LogP contribution is -2.08. The van der Waals surface area contributed by atoms with E-state index in [0.29, 0.717) is 11.9 Å². The third kappa shape index (κ3) is 1.82. The number of methoxy groups -OCH3 is 1. The van der Waals surface area contributed by atoms with E-state index in [4.69, 9.17) is 4.74 Å². The fourth-order valence-electron chi connectivity index (χ4n) is 0.963. The van der Waals surface area contributed by atoms with Crippen molar-refractivity contribution in [3.05, 3.63) is 12.7 Å². The Hall–Kier alpha value is -2.25. The summed E-state index contributed by atoms with van der Waals surface area (Å²) in [5.41, 5.74) is 0. The van der Waals surface area contributed by atoms with E-state index in [1.807, 2.05) is 0 Å². The molecule has 0 saturated heterocycles. The van der Waals surface area contributed by atoms with Crippen LogP contribution in [-0.4, -0.2) is 43.9 Å². The van der Waals surface area contributed by atoms with Gasteiger partial charge in [0.1, 0.15) is 12.7 Å². The van der Waals surface area contributed by atoms with Gasteiger partial charge < -0.3 is 10.1 Å². The fraction of sp³-hybridized carbons (Fsp3) is 0.286. The van der Waals surface area contributed by atoms with Gasteiger partial charge in [0.25, 0.3) is 5.95 Å². The molecule has 0 fully saturated rings. The topological polar surface area (TPSA) is 90.6 Å². The van der Waals surface area contributed by atoms with Gasteiger partial charge in [0, 0.05) is 7.05 Å². The second kappa shape index (κ2) is 3.86. The molecule has 2 aromatic rings. The van der Waals surface area contributed by atoms with Gasteiger partial charge in [-0.25, -0.2) is 4.98 Å². The van der Waals surface area contributed by atoms with E-state index in [2.05, 4.69) is 30.4 Å². The molecule has 0 aliphatic carbocycles. The zero-order valence-electron chi connectivity index (χ0n) is 8.25. The number of hydrogen-bond donors (Lipinski definition) is 1. The third-order valence-electron chi connectivity index (χ3n) is 1.63. The molecule has 1 N–H and O–H groups in total. The first-order valence-corrected chi connectivity index (χ1v) is 4.16. The minimum atomic E-state index is 0.222. The maximum absolute atomic E-state index is 4.93. The average Bonchev–Trinajstić information content (AvgIpc) is 2.81. The highest BCUT2D eigenvalue weighted by molar-refractivity contribution is 5.28. The van der Waals surface area contributed by atoms with Gasteiger partial charge in [0.15, 0.2) is 0 Å². The molecule has 8 nitrogen and oxygen atoms in total. The number of ether oxygens (including phenoxy) is 1. The normalized spacial score (nSPS) is 10.0. The van der Waals surface area contributed by atoms with Crippen LogP contribution < -0.4 is 10.1 Å². The van der Waals surface area contributed by atoms with Crippen LogP contribution in [0, 0.1) is 0 Å². The van der Waals surface area contributed by atoms with Gasteiger partial charge in [0.2, 0.25) is 5.95 Å². The molecular weight excluding hydrogens is 198 g/mol. The molecule has 2 aromatic heterocycles. The Balaban J connectivity index is 2.47. The van der Waals surface area contributed by atoms with Crippen molar-refractivity contribution in [2.24, 2.45) is 0 Å². The molecule has 0 aromatic carbocycles. The monoisotopic (exact) mass is 207 g/mol. The van der Waals surface area contributed by atoms with Crippen LogP contribution in [0.1, 0.15) is 0 Å². The second-order valence-electron chi connectivity index (χ2n) is 2.54. The van der Waals surface area contributed by atoms with Gasteiger partial charge in [-0.05, 0) is 0 Å². The molecule has 0 unspecified atom stereocenters. The van der Waals surface area contributed by atoms with E-state index in [9.17, 15) is 0 Å². The molecular formula is C7H9N7O. The van der Waals surface area contributed by atoms with Gasteiger partial charge in [-0.3, -0.25) is 0 Å². The Morgan fingerprint density at radius 2 is 2.20 bits per heavy atom. The molecule has 0 bridgehead atoms. The summed E-state index contributed by atoms with van der Waals surface area (Å²) in [6.07, 6.45) is 2.89. The van der Waals surface area contributed by atoms with Crippen molar-refractivity contribution in [1.29, 1.82) is 0 Å². The van der Waals surface area contributed by atoms with Crippen molar-refractivity contribution in [2.45, 2.75) is 0 Å². The van der Waals surface area contributed by atoms with Crippen LogP contribution in [-0.2, 0) is 0 Å². The van der Waals surface area contributed by atoms with Crippen LogP contribution >= 0.6 is 0 Å². The van der Waals surface area contributed by atoms with Gasteiger partial charge in [-0.15, -0.1) is 0 Å². The summed E-state index contributed by atoms with van der Waals surface area (Å²) >= 11 is 0. The second-order valence-corrected chi connectivity index (χ2v) is 2.54. The number of rotatable bonds is 3. The van der Waals surface area contributed by atoms with Crippen molar-refractivity contribution in [2.75, 3.05) is 19.5 Å². The first kappa shape index (κ1) is 9.31. The molecule has 0 radical (unpaired) electrons. The number of nitrogens with zero attached hydrogens (tertiary/aromatic N) is 6. The summed E-state index contributed by atoms with van der Waals surface area (Å²) in [5.74, 6) is 0.760. The SMILES string of the molecule is CNc1nc(OC)nc(-n2cncn2)n1. The summed E-state index contributed by atoms with van der Waals surface area (Å²) in [5, 5.41) is 6.71. The van der Waals surface area contributed by atoms with Crippen LogP contribution in [0.3, 0.4) is 0 Å². The minimum absolute atomic E-state index is 0.222. The molecule has 2 heterocycles. The molecule has 15 heavy (non-hydrogen) atoms. The fourth-order valence-corrected chi connectivity index (χ4v) is 0.963. The van der Waals surface area contributed by atoms with Crippen molar-refractivity contribution in [3.8, 4) is 12.0 Å². The Morgan fingerprint density at radius 1 is 1.33 bits per heavy atom. The Labute approximate surface area is 85.4 Å². The molecule has 0 atom stereocenters. The lowest BCUT2D eigenvalue weighted by Gasteiger charge is -2.04. The molecule has 8 heteroatoms. The largest absolute Gasteiger partial charge is 0.467 e. The highest BCUT2D eigenvalue weighted by atomic mass is 16.5. The molecule has 0 amide bonds. The van der Waals surface area contributed by atoms with Crippen LogP contribution in [0.25, 0.3) is 5.95 Å². The van der Waals surface area contributed by atoms with Crippen LogP contribution in [0.4, 0.5) is 5.95 Å². The van der Waals surface area contributed by atoms with Gasteiger partial charge in [0.05, 0.1) is 7.11 Å². The molecule has 0 aliphatic rings. The number of anilines is 1.